The molecule has 6 heteroatoms. The summed E-state index contributed by atoms with van der Waals surface area (Å²) in [5, 5.41) is 4.87. The number of nitrogens with one attached hydrogen (secondary N) is 1. The number of carbonyl (C=O) groups is 1. The van der Waals surface area contributed by atoms with Gasteiger partial charge in [0, 0.05) is 17.8 Å². The molecule has 0 aliphatic heterocycles. The first-order valence-corrected chi connectivity index (χ1v) is 5.96. The van der Waals surface area contributed by atoms with E-state index in [1.807, 2.05) is 19.1 Å². The van der Waals surface area contributed by atoms with Crippen molar-refractivity contribution in [2.75, 3.05) is 5.73 Å². The Morgan fingerprint density at radius 3 is 3.00 bits per heavy atom. The largest absolute Gasteiger partial charge is 0.375 e. The second-order valence-corrected chi connectivity index (χ2v) is 4.44. The van der Waals surface area contributed by atoms with Crippen molar-refractivity contribution in [3.63, 3.8) is 0 Å². The number of rotatable bonds is 3. The molecule has 2 heterocycles. The monoisotopic (exact) mass is 248 g/mol. The van der Waals surface area contributed by atoms with Gasteiger partial charge in [-0.2, -0.15) is 0 Å². The lowest BCUT2D eigenvalue weighted by atomic mass is 10.1. The van der Waals surface area contributed by atoms with Crippen LogP contribution in [-0.2, 0) is 0 Å². The smallest absolute Gasteiger partial charge is 0.271 e. The average Bonchev–Trinajstić information content (AvgIpc) is 2.77. The molecule has 0 aromatic carbocycles. The number of hydrogen-bond acceptors (Lipinski definition) is 5. The lowest BCUT2D eigenvalue weighted by molar-refractivity contribution is 0.0935. The molecular formula is C11H12N4OS. The first-order chi connectivity index (χ1) is 8.16. The number of carbonyl (C=O) groups excluding carboxylic acids is 1. The predicted octanol–water partition coefficient (Wildman–Crippen LogP) is 1.61. The second kappa shape index (κ2) is 4.92. The minimum Gasteiger partial charge on any atom is -0.375 e. The van der Waals surface area contributed by atoms with E-state index in [9.17, 15) is 4.79 Å². The van der Waals surface area contributed by atoms with Crippen molar-refractivity contribution in [2.24, 2.45) is 0 Å². The van der Waals surface area contributed by atoms with Gasteiger partial charge < -0.3 is 11.1 Å². The second-order valence-electron chi connectivity index (χ2n) is 3.55. The van der Waals surface area contributed by atoms with E-state index < -0.39 is 0 Å². The first kappa shape index (κ1) is 11.5. The van der Waals surface area contributed by atoms with E-state index >= 15 is 0 Å². The van der Waals surface area contributed by atoms with Crippen LogP contribution in [0.3, 0.4) is 0 Å². The van der Waals surface area contributed by atoms with Crippen LogP contribution in [0.2, 0.25) is 0 Å². The van der Waals surface area contributed by atoms with Gasteiger partial charge in [-0.25, -0.2) is 4.98 Å². The molecule has 0 bridgehead atoms. The maximum absolute atomic E-state index is 11.8. The lowest BCUT2D eigenvalue weighted by Gasteiger charge is -2.12. The third kappa shape index (κ3) is 2.79. The molecule has 2 aromatic rings. The van der Waals surface area contributed by atoms with Crippen LogP contribution in [0.4, 0.5) is 5.13 Å². The van der Waals surface area contributed by atoms with Crippen LogP contribution in [0.5, 0.6) is 0 Å². The summed E-state index contributed by atoms with van der Waals surface area (Å²) in [6.45, 7) is 1.89. The molecule has 0 fully saturated rings. The first-order valence-electron chi connectivity index (χ1n) is 5.08. The fourth-order valence-electron chi connectivity index (χ4n) is 1.38. The quantitative estimate of drug-likeness (QED) is 0.864. The number of thiazole rings is 1. The van der Waals surface area contributed by atoms with Crippen molar-refractivity contribution in [3.05, 3.63) is 41.2 Å². The highest BCUT2D eigenvalue weighted by Gasteiger charge is 2.13. The number of aromatic nitrogens is 2. The molecule has 2 rings (SSSR count). The average molecular weight is 248 g/mol. The van der Waals surface area contributed by atoms with E-state index in [1.54, 1.807) is 17.8 Å². The van der Waals surface area contributed by atoms with E-state index in [0.29, 0.717) is 10.8 Å². The topological polar surface area (TPSA) is 80.9 Å². The third-order valence-electron chi connectivity index (χ3n) is 2.29. The van der Waals surface area contributed by atoms with Crippen LogP contribution >= 0.6 is 11.3 Å². The summed E-state index contributed by atoms with van der Waals surface area (Å²) in [4.78, 5) is 19.7. The normalized spacial score (nSPS) is 12.1. The molecule has 2 aromatic heterocycles. The highest BCUT2D eigenvalue weighted by Crippen LogP contribution is 2.14. The Balaban J connectivity index is 2.04. The number of pyridine rings is 1. The van der Waals surface area contributed by atoms with Gasteiger partial charge in [0.25, 0.3) is 5.91 Å². The van der Waals surface area contributed by atoms with Crippen molar-refractivity contribution < 1.29 is 4.79 Å². The van der Waals surface area contributed by atoms with Crippen molar-refractivity contribution in [3.8, 4) is 0 Å². The minimum absolute atomic E-state index is 0.112. The summed E-state index contributed by atoms with van der Waals surface area (Å²) >= 11 is 1.25. The zero-order chi connectivity index (χ0) is 12.3. The van der Waals surface area contributed by atoms with Gasteiger partial charge in [-0.1, -0.05) is 6.07 Å². The lowest BCUT2D eigenvalue weighted by Crippen LogP contribution is -2.26. The van der Waals surface area contributed by atoms with E-state index in [4.69, 9.17) is 5.73 Å². The van der Waals surface area contributed by atoms with Crippen LogP contribution in [-0.4, -0.2) is 15.9 Å². The van der Waals surface area contributed by atoms with Gasteiger partial charge >= 0.3 is 0 Å². The molecule has 0 saturated heterocycles. The Morgan fingerprint density at radius 2 is 2.41 bits per heavy atom. The summed E-state index contributed by atoms with van der Waals surface area (Å²) in [6.07, 6.45) is 3.42. The molecule has 0 aliphatic rings. The number of anilines is 1. The molecule has 17 heavy (non-hydrogen) atoms. The van der Waals surface area contributed by atoms with Gasteiger partial charge in [-0.15, -0.1) is 11.3 Å². The maximum Gasteiger partial charge on any atom is 0.271 e. The fraction of sp³-hybridized carbons (Fsp3) is 0.182. The molecule has 0 aliphatic carbocycles. The Bertz CT molecular complexity index is 511. The Labute approximate surface area is 103 Å². The van der Waals surface area contributed by atoms with Gasteiger partial charge in [-0.05, 0) is 18.6 Å². The summed E-state index contributed by atoms with van der Waals surface area (Å²) < 4.78 is 0. The molecule has 3 N–H and O–H groups in total. The predicted molar refractivity (Wildman–Crippen MR) is 66.6 cm³/mol. The van der Waals surface area contributed by atoms with Crippen LogP contribution in [0, 0.1) is 0 Å². The molecule has 0 radical (unpaired) electrons. The van der Waals surface area contributed by atoms with Gasteiger partial charge in [0.1, 0.15) is 5.69 Å². The molecule has 1 amide bonds. The number of amides is 1. The number of nitrogen functional groups attached to an aromatic ring is 1. The fourth-order valence-corrected chi connectivity index (χ4v) is 1.92. The molecule has 0 spiro atoms. The molecule has 5 nitrogen and oxygen atoms in total. The molecule has 0 saturated carbocycles. The summed E-state index contributed by atoms with van der Waals surface area (Å²) in [6, 6.07) is 3.63. The maximum atomic E-state index is 11.8. The highest BCUT2D eigenvalue weighted by atomic mass is 32.1. The van der Waals surface area contributed by atoms with Crippen molar-refractivity contribution in [1.82, 2.24) is 15.3 Å². The molecule has 0 unspecified atom stereocenters. The van der Waals surface area contributed by atoms with Crippen molar-refractivity contribution in [2.45, 2.75) is 13.0 Å². The minimum atomic E-state index is -0.227. The van der Waals surface area contributed by atoms with Gasteiger partial charge in [0.2, 0.25) is 0 Å². The van der Waals surface area contributed by atoms with Crippen molar-refractivity contribution in [1.29, 1.82) is 0 Å². The molecular weight excluding hydrogens is 236 g/mol. The van der Waals surface area contributed by atoms with Crippen LogP contribution < -0.4 is 11.1 Å². The number of hydrogen-bond donors (Lipinski definition) is 2. The van der Waals surface area contributed by atoms with Gasteiger partial charge in [0.05, 0.1) is 6.04 Å². The number of nitrogens with two attached hydrogens (primary N) is 1. The Morgan fingerprint density at radius 1 is 1.59 bits per heavy atom. The van der Waals surface area contributed by atoms with Gasteiger partial charge in [-0.3, -0.25) is 9.78 Å². The van der Waals surface area contributed by atoms with Crippen molar-refractivity contribution >= 4 is 22.4 Å². The molecule has 1 atom stereocenters. The van der Waals surface area contributed by atoms with E-state index in [2.05, 4.69) is 15.3 Å². The van der Waals surface area contributed by atoms with E-state index in [0.717, 1.165) is 5.56 Å². The van der Waals surface area contributed by atoms with Gasteiger partial charge in [0.15, 0.2) is 5.13 Å². The van der Waals surface area contributed by atoms with Crippen LogP contribution in [0.15, 0.2) is 29.9 Å². The number of nitrogens with zero attached hydrogens (tertiary/aromatic N) is 2. The van der Waals surface area contributed by atoms with Crippen LogP contribution in [0.1, 0.15) is 29.0 Å². The third-order valence-corrected chi connectivity index (χ3v) is 2.96. The summed E-state index contributed by atoms with van der Waals surface area (Å²) in [7, 11) is 0. The Kier molecular flexibility index (Phi) is 3.34. The molecule has 88 valence electrons. The van der Waals surface area contributed by atoms with E-state index in [-0.39, 0.29) is 11.9 Å². The standard InChI is InChI=1S/C11H12N4OS/c1-7(8-3-2-4-13-5-8)14-10(16)9-6-17-11(12)15-9/h2-7H,1H3,(H2,12,15)(H,14,16)/t7-/m1/s1. The summed E-state index contributed by atoms with van der Waals surface area (Å²) in [5.74, 6) is -0.227. The zero-order valence-corrected chi connectivity index (χ0v) is 10.1. The highest BCUT2D eigenvalue weighted by molar-refractivity contribution is 7.13. The van der Waals surface area contributed by atoms with Crippen LogP contribution in [0.25, 0.3) is 0 Å². The zero-order valence-electron chi connectivity index (χ0n) is 9.25. The summed E-state index contributed by atoms with van der Waals surface area (Å²) in [5.41, 5.74) is 6.77. The SMILES string of the molecule is C[C@@H](NC(=O)c1csc(N)n1)c1cccnc1. The Hall–Kier alpha value is -1.95. The van der Waals surface area contributed by atoms with E-state index in [1.165, 1.54) is 11.3 Å².